The highest BCUT2D eigenvalue weighted by atomic mass is 35.5. The Morgan fingerprint density at radius 3 is 2.47 bits per heavy atom. The molecule has 0 aromatic heterocycles. The van der Waals surface area contributed by atoms with Gasteiger partial charge in [0.15, 0.2) is 9.84 Å². The first-order chi connectivity index (χ1) is 8.90. The molecule has 0 atom stereocenters. The number of nitrogen functional groups attached to an aromatic ring is 1. The lowest BCUT2D eigenvalue weighted by atomic mass is 10.2. The summed E-state index contributed by atoms with van der Waals surface area (Å²) in [5.41, 5.74) is 5.73. The monoisotopic (exact) mass is 299 g/mol. The summed E-state index contributed by atoms with van der Waals surface area (Å²) in [5, 5.41) is 0.123. The van der Waals surface area contributed by atoms with Crippen LogP contribution in [0.2, 0.25) is 5.02 Å². The van der Waals surface area contributed by atoms with Crippen molar-refractivity contribution in [2.75, 3.05) is 5.73 Å². The van der Waals surface area contributed by atoms with Gasteiger partial charge in [0, 0.05) is 11.3 Å². The molecule has 2 aromatic carbocycles. The van der Waals surface area contributed by atoms with Crippen molar-refractivity contribution in [2.45, 2.75) is 10.6 Å². The van der Waals surface area contributed by atoms with Crippen LogP contribution >= 0.6 is 11.6 Å². The van der Waals surface area contributed by atoms with Crippen LogP contribution in [-0.4, -0.2) is 8.42 Å². The molecule has 3 nitrogen and oxygen atoms in total. The second-order valence-electron chi connectivity index (χ2n) is 4.04. The van der Waals surface area contributed by atoms with Crippen LogP contribution < -0.4 is 5.73 Å². The van der Waals surface area contributed by atoms with Gasteiger partial charge in [0.1, 0.15) is 5.82 Å². The number of hydrogen-bond acceptors (Lipinski definition) is 3. The molecule has 0 aliphatic rings. The van der Waals surface area contributed by atoms with E-state index in [0.717, 1.165) is 6.07 Å². The Labute approximate surface area is 115 Å². The summed E-state index contributed by atoms with van der Waals surface area (Å²) in [6.07, 6.45) is 0. The maximum Gasteiger partial charge on any atom is 0.184 e. The van der Waals surface area contributed by atoms with Gasteiger partial charge in [0.05, 0.1) is 15.7 Å². The molecular formula is C13H11ClFNO2S. The Hall–Kier alpha value is -1.59. The third-order valence-corrected chi connectivity index (χ3v) is 4.75. The molecule has 100 valence electrons. The van der Waals surface area contributed by atoms with E-state index in [0.29, 0.717) is 0 Å². The molecule has 2 N–H and O–H groups in total. The van der Waals surface area contributed by atoms with E-state index < -0.39 is 21.4 Å². The van der Waals surface area contributed by atoms with Gasteiger partial charge in [-0.3, -0.25) is 0 Å². The second kappa shape index (κ2) is 5.19. The van der Waals surface area contributed by atoms with Crippen molar-refractivity contribution in [3.05, 3.63) is 58.9 Å². The van der Waals surface area contributed by atoms with Gasteiger partial charge in [-0.05, 0) is 24.3 Å². The Morgan fingerprint density at radius 1 is 1.16 bits per heavy atom. The van der Waals surface area contributed by atoms with Crippen LogP contribution in [0.5, 0.6) is 0 Å². The van der Waals surface area contributed by atoms with E-state index in [9.17, 15) is 12.8 Å². The fourth-order valence-electron chi connectivity index (χ4n) is 1.66. The quantitative estimate of drug-likeness (QED) is 0.886. The van der Waals surface area contributed by atoms with Gasteiger partial charge in [-0.2, -0.15) is 0 Å². The number of anilines is 1. The van der Waals surface area contributed by atoms with Gasteiger partial charge >= 0.3 is 0 Å². The second-order valence-corrected chi connectivity index (χ2v) is 6.41. The van der Waals surface area contributed by atoms with E-state index in [1.54, 1.807) is 12.1 Å². The molecule has 0 saturated heterocycles. The van der Waals surface area contributed by atoms with Gasteiger partial charge in [-0.15, -0.1) is 0 Å². The SMILES string of the molecule is Nc1ccc(CS(=O)(=O)c2ccccc2Cl)c(F)c1. The lowest BCUT2D eigenvalue weighted by Crippen LogP contribution is -2.07. The minimum Gasteiger partial charge on any atom is -0.399 e. The zero-order valence-electron chi connectivity index (χ0n) is 9.81. The minimum atomic E-state index is -3.69. The molecule has 0 radical (unpaired) electrons. The fourth-order valence-corrected chi connectivity index (χ4v) is 3.60. The molecular weight excluding hydrogens is 289 g/mol. The number of halogens is 2. The highest BCUT2D eigenvalue weighted by Gasteiger charge is 2.20. The van der Waals surface area contributed by atoms with Crippen molar-refractivity contribution in [1.29, 1.82) is 0 Å². The minimum absolute atomic E-state index is 0.00658. The molecule has 19 heavy (non-hydrogen) atoms. The largest absolute Gasteiger partial charge is 0.399 e. The van der Waals surface area contributed by atoms with Crippen LogP contribution in [0.25, 0.3) is 0 Å². The van der Waals surface area contributed by atoms with Crippen molar-refractivity contribution in [3.8, 4) is 0 Å². The van der Waals surface area contributed by atoms with Crippen molar-refractivity contribution >= 4 is 27.1 Å². The third kappa shape index (κ3) is 3.05. The number of nitrogens with two attached hydrogens (primary N) is 1. The lowest BCUT2D eigenvalue weighted by molar-refractivity contribution is 0.587. The van der Waals surface area contributed by atoms with E-state index in [4.69, 9.17) is 17.3 Å². The zero-order valence-corrected chi connectivity index (χ0v) is 11.4. The van der Waals surface area contributed by atoms with Crippen LogP contribution in [-0.2, 0) is 15.6 Å². The molecule has 0 aliphatic heterocycles. The molecule has 0 unspecified atom stereocenters. The molecule has 0 spiro atoms. The molecule has 0 bridgehead atoms. The lowest BCUT2D eigenvalue weighted by Gasteiger charge is -2.07. The molecule has 0 aliphatic carbocycles. The Kier molecular flexibility index (Phi) is 3.78. The Balaban J connectivity index is 2.40. The van der Waals surface area contributed by atoms with Gasteiger partial charge in [-0.1, -0.05) is 29.8 Å². The number of sulfone groups is 1. The molecule has 2 rings (SSSR count). The molecule has 6 heteroatoms. The summed E-state index contributed by atoms with van der Waals surface area (Å²) in [6, 6.07) is 9.99. The van der Waals surface area contributed by atoms with Gasteiger partial charge in [-0.25, -0.2) is 12.8 Å². The smallest absolute Gasteiger partial charge is 0.184 e. The van der Waals surface area contributed by atoms with Crippen LogP contribution in [0.3, 0.4) is 0 Å². The maximum atomic E-state index is 13.6. The summed E-state index contributed by atoms with van der Waals surface area (Å²) >= 11 is 5.85. The highest BCUT2D eigenvalue weighted by molar-refractivity contribution is 7.90. The van der Waals surface area contributed by atoms with Crippen LogP contribution in [0, 0.1) is 5.82 Å². The van der Waals surface area contributed by atoms with Crippen LogP contribution in [0.4, 0.5) is 10.1 Å². The number of rotatable bonds is 3. The van der Waals surface area contributed by atoms with E-state index in [-0.39, 0.29) is 21.2 Å². The third-order valence-electron chi connectivity index (χ3n) is 2.59. The van der Waals surface area contributed by atoms with Gasteiger partial charge < -0.3 is 5.73 Å². The van der Waals surface area contributed by atoms with Gasteiger partial charge in [0.2, 0.25) is 0 Å². The summed E-state index contributed by atoms with van der Waals surface area (Å²) in [5.74, 6) is -1.10. The average Bonchev–Trinajstić information content (AvgIpc) is 2.33. The highest BCUT2D eigenvalue weighted by Crippen LogP contribution is 2.25. The zero-order chi connectivity index (χ0) is 14.0. The topological polar surface area (TPSA) is 60.2 Å². The predicted molar refractivity (Wildman–Crippen MR) is 73.2 cm³/mol. The van der Waals surface area contributed by atoms with E-state index in [1.165, 1.54) is 24.3 Å². The van der Waals surface area contributed by atoms with Crippen LogP contribution in [0.15, 0.2) is 47.4 Å². The van der Waals surface area contributed by atoms with Crippen molar-refractivity contribution < 1.29 is 12.8 Å². The molecule has 0 heterocycles. The number of hydrogen-bond donors (Lipinski definition) is 1. The fraction of sp³-hybridized carbons (Fsp3) is 0.0769. The molecule has 0 saturated carbocycles. The first kappa shape index (κ1) is 13.8. The maximum absolute atomic E-state index is 13.6. The van der Waals surface area contributed by atoms with Crippen molar-refractivity contribution in [2.24, 2.45) is 0 Å². The predicted octanol–water partition coefficient (Wildman–Crippen LogP) is 3.04. The van der Waals surface area contributed by atoms with Gasteiger partial charge in [0.25, 0.3) is 0 Å². The van der Waals surface area contributed by atoms with E-state index in [2.05, 4.69) is 0 Å². The standard InChI is InChI=1S/C13H11ClFNO2S/c14-11-3-1-2-4-13(11)19(17,18)8-9-5-6-10(16)7-12(9)15/h1-7H,8,16H2. The first-order valence-corrected chi connectivity index (χ1v) is 7.44. The van der Waals surface area contributed by atoms with E-state index in [1.807, 2.05) is 0 Å². The summed E-state index contributed by atoms with van der Waals surface area (Å²) < 4.78 is 38.0. The van der Waals surface area contributed by atoms with Crippen molar-refractivity contribution in [3.63, 3.8) is 0 Å². The normalized spacial score (nSPS) is 11.5. The van der Waals surface area contributed by atoms with Crippen LogP contribution in [0.1, 0.15) is 5.56 Å². The first-order valence-electron chi connectivity index (χ1n) is 5.41. The number of benzene rings is 2. The summed E-state index contributed by atoms with van der Waals surface area (Å²) in [4.78, 5) is -0.00658. The summed E-state index contributed by atoms with van der Waals surface area (Å²) in [7, 11) is -3.69. The average molecular weight is 300 g/mol. The molecule has 2 aromatic rings. The van der Waals surface area contributed by atoms with Crippen molar-refractivity contribution in [1.82, 2.24) is 0 Å². The summed E-state index contributed by atoms with van der Waals surface area (Å²) in [6.45, 7) is 0. The molecule has 0 fully saturated rings. The van der Waals surface area contributed by atoms with E-state index >= 15 is 0 Å². The Bertz CT molecular complexity index is 716. The molecule has 0 amide bonds. The Morgan fingerprint density at radius 2 is 1.84 bits per heavy atom.